The number of aliphatic carboxylic acids is 1. The summed E-state index contributed by atoms with van der Waals surface area (Å²) in [5.74, 6) is -1.23. The van der Waals surface area contributed by atoms with Gasteiger partial charge in [-0.25, -0.2) is 4.79 Å². The lowest BCUT2D eigenvalue weighted by Crippen LogP contribution is -2.69. The molecule has 164 valence electrons. The van der Waals surface area contributed by atoms with Crippen LogP contribution in [0.15, 0.2) is 24.5 Å². The smallest absolute Gasteiger partial charge is 0.332 e. The van der Waals surface area contributed by atoms with Gasteiger partial charge in [0.05, 0.1) is 0 Å². The van der Waals surface area contributed by atoms with Gasteiger partial charge in [-0.1, -0.05) is 6.92 Å². The minimum absolute atomic E-state index is 0. The lowest BCUT2D eigenvalue weighted by molar-refractivity contribution is -0.164. The Balaban J connectivity index is 0.00000210. The first-order chi connectivity index (χ1) is 13.1. The van der Waals surface area contributed by atoms with Crippen molar-refractivity contribution in [3.8, 4) is 0 Å². The number of piperidine rings is 1. The summed E-state index contributed by atoms with van der Waals surface area (Å²) < 4.78 is 0. The van der Waals surface area contributed by atoms with Crippen LogP contribution in [-0.2, 0) is 9.59 Å². The maximum absolute atomic E-state index is 13.2. The number of piperazine rings is 1. The van der Waals surface area contributed by atoms with Gasteiger partial charge in [0.1, 0.15) is 0 Å². The van der Waals surface area contributed by atoms with Crippen LogP contribution in [0.1, 0.15) is 32.6 Å². The molecular formula is C20H32Cl2N4O3. The molecule has 29 heavy (non-hydrogen) atoms. The fourth-order valence-corrected chi connectivity index (χ4v) is 4.62. The Morgan fingerprint density at radius 3 is 2.24 bits per heavy atom. The Bertz CT molecular complexity index is 650. The summed E-state index contributed by atoms with van der Waals surface area (Å²) >= 11 is 0. The molecule has 1 unspecified atom stereocenters. The lowest BCUT2D eigenvalue weighted by Gasteiger charge is -2.49. The molecule has 0 amide bonds. The lowest BCUT2D eigenvalue weighted by atomic mass is 9.72. The standard InChI is InChI=1S/C20H30N4O3.2ClH/c1-2-3-18(25)20(19(26)27,16-4-8-21-9-5-16)24-14-12-23(13-15-24)17-6-10-22-11-7-17;;/h6-7,10-11,16,21H,2-5,8-9,12-15H2,1H3,(H,26,27);2*1H. The van der Waals surface area contributed by atoms with Gasteiger partial charge in [-0.2, -0.15) is 0 Å². The molecule has 2 aliphatic heterocycles. The Hall–Kier alpha value is -1.41. The number of aromatic nitrogens is 1. The molecule has 7 nitrogen and oxygen atoms in total. The average Bonchev–Trinajstić information content (AvgIpc) is 2.70. The van der Waals surface area contributed by atoms with E-state index in [0.717, 1.165) is 31.6 Å². The summed E-state index contributed by atoms with van der Waals surface area (Å²) in [6, 6.07) is 3.93. The van der Waals surface area contributed by atoms with E-state index in [0.29, 0.717) is 39.0 Å². The number of nitrogens with one attached hydrogen (secondary N) is 1. The van der Waals surface area contributed by atoms with E-state index < -0.39 is 11.5 Å². The van der Waals surface area contributed by atoms with Crippen molar-refractivity contribution in [1.82, 2.24) is 15.2 Å². The summed E-state index contributed by atoms with van der Waals surface area (Å²) in [6.07, 6.45) is 5.99. The van der Waals surface area contributed by atoms with E-state index in [2.05, 4.69) is 15.2 Å². The molecule has 0 spiro atoms. The first-order valence-corrected chi connectivity index (χ1v) is 9.98. The number of carboxylic acids is 1. The highest BCUT2D eigenvalue weighted by molar-refractivity contribution is 6.08. The van der Waals surface area contributed by atoms with Gasteiger partial charge in [0.2, 0.25) is 0 Å². The highest BCUT2D eigenvalue weighted by atomic mass is 35.5. The van der Waals surface area contributed by atoms with Crippen LogP contribution in [0.5, 0.6) is 0 Å². The number of nitrogens with zero attached hydrogens (tertiary/aromatic N) is 3. The number of pyridine rings is 1. The van der Waals surface area contributed by atoms with Gasteiger partial charge in [0, 0.05) is 50.7 Å². The molecule has 0 radical (unpaired) electrons. The van der Waals surface area contributed by atoms with Crippen molar-refractivity contribution in [2.75, 3.05) is 44.2 Å². The monoisotopic (exact) mass is 446 g/mol. The number of anilines is 1. The quantitative estimate of drug-likeness (QED) is 0.620. The summed E-state index contributed by atoms with van der Waals surface area (Å²) in [7, 11) is 0. The molecular weight excluding hydrogens is 415 g/mol. The van der Waals surface area contributed by atoms with E-state index in [9.17, 15) is 14.7 Å². The second kappa shape index (κ2) is 11.7. The van der Waals surface area contributed by atoms with Crippen LogP contribution >= 0.6 is 24.8 Å². The van der Waals surface area contributed by atoms with E-state index in [1.54, 1.807) is 12.4 Å². The third kappa shape index (κ3) is 5.20. The Morgan fingerprint density at radius 1 is 1.14 bits per heavy atom. The van der Waals surface area contributed by atoms with E-state index in [1.165, 1.54) is 0 Å². The molecule has 2 saturated heterocycles. The fraction of sp³-hybridized carbons (Fsp3) is 0.650. The van der Waals surface area contributed by atoms with Crippen LogP contribution in [0.3, 0.4) is 0 Å². The maximum Gasteiger partial charge on any atom is 0.332 e. The number of carboxylic acid groups (broad SMARTS) is 1. The van der Waals surface area contributed by atoms with Crippen molar-refractivity contribution in [2.24, 2.45) is 5.92 Å². The Labute approximate surface area is 185 Å². The molecule has 2 fully saturated rings. The molecule has 9 heteroatoms. The minimum atomic E-state index is -1.39. The molecule has 1 aromatic heterocycles. The number of Topliss-reactive ketones (excluding diaryl/α,β-unsaturated/α-hetero) is 1. The zero-order valence-electron chi connectivity index (χ0n) is 16.9. The van der Waals surface area contributed by atoms with E-state index in [4.69, 9.17) is 0 Å². The van der Waals surface area contributed by atoms with Crippen LogP contribution in [0.2, 0.25) is 0 Å². The van der Waals surface area contributed by atoms with Gasteiger partial charge in [0.25, 0.3) is 0 Å². The topological polar surface area (TPSA) is 85.8 Å². The van der Waals surface area contributed by atoms with E-state index >= 15 is 0 Å². The molecule has 0 aliphatic carbocycles. The maximum atomic E-state index is 13.2. The molecule has 1 aromatic rings. The van der Waals surface area contributed by atoms with Crippen LogP contribution in [0, 0.1) is 5.92 Å². The van der Waals surface area contributed by atoms with Crippen LogP contribution in [0.4, 0.5) is 5.69 Å². The van der Waals surface area contributed by atoms with Gasteiger partial charge in [-0.05, 0) is 50.4 Å². The number of rotatable bonds is 7. The zero-order valence-corrected chi connectivity index (χ0v) is 18.5. The number of carbonyl (C=O) groups is 2. The first-order valence-electron chi connectivity index (χ1n) is 9.98. The van der Waals surface area contributed by atoms with Crippen LogP contribution < -0.4 is 10.2 Å². The van der Waals surface area contributed by atoms with E-state index in [1.807, 2.05) is 24.0 Å². The summed E-state index contributed by atoms with van der Waals surface area (Å²) in [6.45, 7) is 6.06. The fourth-order valence-electron chi connectivity index (χ4n) is 4.62. The van der Waals surface area contributed by atoms with Crippen LogP contribution in [0.25, 0.3) is 0 Å². The van der Waals surface area contributed by atoms with Gasteiger partial charge >= 0.3 is 5.97 Å². The normalized spacial score (nSPS) is 20.1. The number of halogens is 2. The average molecular weight is 447 g/mol. The predicted molar refractivity (Wildman–Crippen MR) is 118 cm³/mol. The summed E-state index contributed by atoms with van der Waals surface area (Å²) in [5, 5.41) is 13.6. The summed E-state index contributed by atoms with van der Waals surface area (Å²) in [4.78, 5) is 34.0. The number of hydrogen-bond donors (Lipinski definition) is 2. The SMILES string of the molecule is CCCC(=O)C(C(=O)O)(C1CCNCC1)N1CCN(c2ccncc2)CC1.Cl.Cl. The molecule has 1 atom stereocenters. The number of carbonyl (C=O) groups excluding carboxylic acids is 1. The van der Waals surface area contributed by atoms with Gasteiger partial charge < -0.3 is 15.3 Å². The molecule has 3 rings (SSSR count). The molecule has 0 bridgehead atoms. The molecule has 3 heterocycles. The number of hydrogen-bond acceptors (Lipinski definition) is 6. The first kappa shape index (κ1) is 25.6. The van der Waals surface area contributed by atoms with Crippen molar-refractivity contribution in [3.63, 3.8) is 0 Å². The molecule has 0 aromatic carbocycles. The predicted octanol–water partition coefficient (Wildman–Crippen LogP) is 2.24. The highest BCUT2D eigenvalue weighted by Gasteiger charge is 2.56. The van der Waals surface area contributed by atoms with Crippen molar-refractivity contribution in [2.45, 2.75) is 38.1 Å². The Morgan fingerprint density at radius 2 is 1.72 bits per heavy atom. The van der Waals surface area contributed by atoms with Crippen molar-refractivity contribution in [3.05, 3.63) is 24.5 Å². The zero-order chi connectivity index (χ0) is 19.3. The molecule has 2 N–H and O–H groups in total. The minimum Gasteiger partial charge on any atom is -0.480 e. The van der Waals surface area contributed by atoms with Crippen molar-refractivity contribution >= 4 is 42.3 Å². The van der Waals surface area contributed by atoms with Crippen molar-refractivity contribution < 1.29 is 14.7 Å². The van der Waals surface area contributed by atoms with Gasteiger partial charge in [0.15, 0.2) is 11.3 Å². The summed E-state index contributed by atoms with van der Waals surface area (Å²) in [5.41, 5.74) is -0.296. The number of ketones is 1. The van der Waals surface area contributed by atoms with Gasteiger partial charge in [-0.3, -0.25) is 14.7 Å². The van der Waals surface area contributed by atoms with Crippen LogP contribution in [-0.4, -0.2) is 71.6 Å². The second-order valence-electron chi connectivity index (χ2n) is 7.45. The highest BCUT2D eigenvalue weighted by Crippen LogP contribution is 2.36. The van der Waals surface area contributed by atoms with Crippen molar-refractivity contribution in [1.29, 1.82) is 0 Å². The third-order valence-corrected chi connectivity index (χ3v) is 5.96. The van der Waals surface area contributed by atoms with Gasteiger partial charge in [-0.15, -0.1) is 24.8 Å². The van der Waals surface area contributed by atoms with E-state index in [-0.39, 0.29) is 36.5 Å². The third-order valence-electron chi connectivity index (χ3n) is 5.96. The Kier molecular flexibility index (Phi) is 10.3. The largest absolute Gasteiger partial charge is 0.480 e. The second-order valence-corrected chi connectivity index (χ2v) is 7.45. The molecule has 0 saturated carbocycles. The molecule has 2 aliphatic rings.